The third-order valence-electron chi connectivity index (χ3n) is 1.93. The van der Waals surface area contributed by atoms with E-state index in [1.54, 1.807) is 18.5 Å². The van der Waals surface area contributed by atoms with E-state index >= 15 is 0 Å². The fraction of sp³-hybridized carbons (Fsp3) is 0. The van der Waals surface area contributed by atoms with Crippen molar-refractivity contribution in [2.45, 2.75) is 0 Å². The molecule has 0 aliphatic carbocycles. The van der Waals surface area contributed by atoms with Crippen LogP contribution in [0, 0.1) is 5.41 Å². The van der Waals surface area contributed by atoms with Crippen LogP contribution in [0.5, 0.6) is 0 Å². The van der Waals surface area contributed by atoms with Crippen molar-refractivity contribution in [3.8, 4) is 5.82 Å². The lowest BCUT2D eigenvalue weighted by Gasteiger charge is -2.06. The molecule has 2 heterocycles. The molecule has 2 aromatic rings. The summed E-state index contributed by atoms with van der Waals surface area (Å²) in [4.78, 5) is 4.10. The standard InChI is InChI=1S/C9H7BrClN5/c10-5-3-15-16(4-5)9-7(11)6(8(12)13)1-2-14-9/h1-4H,(H3,12,13). The van der Waals surface area contributed by atoms with Gasteiger partial charge in [-0.2, -0.15) is 5.10 Å². The van der Waals surface area contributed by atoms with E-state index in [0.29, 0.717) is 16.4 Å². The van der Waals surface area contributed by atoms with Crippen LogP contribution in [0.1, 0.15) is 5.56 Å². The molecule has 5 nitrogen and oxygen atoms in total. The van der Waals surface area contributed by atoms with Crippen LogP contribution in [0.4, 0.5) is 0 Å². The predicted octanol–water partition coefficient (Wildman–Crippen LogP) is 1.97. The molecule has 16 heavy (non-hydrogen) atoms. The first-order valence-electron chi connectivity index (χ1n) is 4.29. The van der Waals surface area contributed by atoms with Gasteiger partial charge in [0.1, 0.15) is 5.84 Å². The molecule has 0 aromatic carbocycles. The molecule has 3 N–H and O–H groups in total. The van der Waals surface area contributed by atoms with E-state index in [2.05, 4.69) is 26.0 Å². The normalized spacial score (nSPS) is 10.4. The van der Waals surface area contributed by atoms with Gasteiger partial charge in [0.25, 0.3) is 0 Å². The molecule has 0 aliphatic heterocycles. The summed E-state index contributed by atoms with van der Waals surface area (Å²) >= 11 is 9.37. The highest BCUT2D eigenvalue weighted by Crippen LogP contribution is 2.22. The Morgan fingerprint density at radius 2 is 2.31 bits per heavy atom. The minimum atomic E-state index is -0.0973. The number of nitrogen functional groups attached to an aromatic ring is 1. The summed E-state index contributed by atoms with van der Waals surface area (Å²) in [5.74, 6) is 0.347. The molecule has 0 aliphatic rings. The smallest absolute Gasteiger partial charge is 0.172 e. The number of pyridine rings is 1. The van der Waals surface area contributed by atoms with Crippen molar-refractivity contribution < 1.29 is 0 Å². The van der Waals surface area contributed by atoms with E-state index in [1.807, 2.05) is 0 Å². The molecule has 0 spiro atoms. The van der Waals surface area contributed by atoms with Crippen LogP contribution in [0.15, 0.2) is 29.1 Å². The minimum absolute atomic E-state index is 0.0973. The van der Waals surface area contributed by atoms with Crippen molar-refractivity contribution in [1.82, 2.24) is 14.8 Å². The van der Waals surface area contributed by atoms with E-state index in [0.717, 1.165) is 4.47 Å². The largest absolute Gasteiger partial charge is 0.384 e. The molecule has 0 saturated carbocycles. The van der Waals surface area contributed by atoms with E-state index in [-0.39, 0.29) is 5.84 Å². The van der Waals surface area contributed by atoms with Gasteiger partial charge in [0, 0.05) is 18.0 Å². The first-order chi connectivity index (χ1) is 7.59. The number of nitrogens with one attached hydrogen (secondary N) is 1. The molecule has 0 fully saturated rings. The Balaban J connectivity index is 2.58. The summed E-state index contributed by atoms with van der Waals surface area (Å²) in [6, 6.07) is 1.59. The number of rotatable bonds is 2. The molecule has 0 bridgehead atoms. The Bertz CT molecular complexity index is 551. The topological polar surface area (TPSA) is 80.6 Å². The summed E-state index contributed by atoms with van der Waals surface area (Å²) in [5, 5.41) is 11.7. The highest BCUT2D eigenvalue weighted by atomic mass is 79.9. The number of nitrogens with two attached hydrogens (primary N) is 1. The lowest BCUT2D eigenvalue weighted by molar-refractivity contribution is 0.846. The number of hydrogen-bond donors (Lipinski definition) is 2. The Hall–Kier alpha value is -1.40. The monoisotopic (exact) mass is 299 g/mol. The van der Waals surface area contributed by atoms with Gasteiger partial charge in [-0.05, 0) is 22.0 Å². The molecule has 2 rings (SSSR count). The average Bonchev–Trinajstić information content (AvgIpc) is 2.64. The zero-order chi connectivity index (χ0) is 11.7. The van der Waals surface area contributed by atoms with Gasteiger partial charge in [0.2, 0.25) is 0 Å². The number of hydrogen-bond acceptors (Lipinski definition) is 3. The summed E-state index contributed by atoms with van der Waals surface area (Å²) < 4.78 is 2.33. The van der Waals surface area contributed by atoms with Crippen LogP contribution in [0.2, 0.25) is 5.02 Å². The fourth-order valence-electron chi connectivity index (χ4n) is 1.22. The molecular weight excluding hydrogens is 293 g/mol. The number of halogens is 2. The Labute approximate surface area is 105 Å². The fourth-order valence-corrected chi connectivity index (χ4v) is 1.80. The lowest BCUT2D eigenvalue weighted by Crippen LogP contribution is -2.13. The molecule has 82 valence electrons. The second kappa shape index (κ2) is 4.23. The van der Waals surface area contributed by atoms with Gasteiger partial charge in [-0.3, -0.25) is 5.41 Å². The zero-order valence-electron chi connectivity index (χ0n) is 7.98. The Morgan fingerprint density at radius 1 is 1.56 bits per heavy atom. The van der Waals surface area contributed by atoms with Crippen LogP contribution in [0.25, 0.3) is 5.82 Å². The molecule has 2 aromatic heterocycles. The summed E-state index contributed by atoms with van der Waals surface area (Å²) in [7, 11) is 0. The van der Waals surface area contributed by atoms with Crippen LogP contribution >= 0.6 is 27.5 Å². The summed E-state index contributed by atoms with van der Waals surface area (Å²) in [5.41, 5.74) is 5.84. The molecule has 0 saturated heterocycles. The van der Waals surface area contributed by atoms with Gasteiger partial charge in [0.05, 0.1) is 15.7 Å². The quantitative estimate of drug-likeness (QED) is 0.657. The number of nitrogens with zero attached hydrogens (tertiary/aromatic N) is 3. The third kappa shape index (κ3) is 1.94. The van der Waals surface area contributed by atoms with Crippen molar-refractivity contribution >= 4 is 33.4 Å². The lowest BCUT2D eigenvalue weighted by atomic mass is 10.2. The Morgan fingerprint density at radius 3 is 2.88 bits per heavy atom. The van der Waals surface area contributed by atoms with Gasteiger partial charge in [-0.25, -0.2) is 9.67 Å². The van der Waals surface area contributed by atoms with Crippen LogP contribution in [-0.4, -0.2) is 20.6 Å². The highest BCUT2D eigenvalue weighted by molar-refractivity contribution is 9.10. The van der Waals surface area contributed by atoms with Crippen molar-refractivity contribution in [2.75, 3.05) is 0 Å². The van der Waals surface area contributed by atoms with Gasteiger partial charge >= 0.3 is 0 Å². The molecule has 0 amide bonds. The summed E-state index contributed by atoms with van der Waals surface area (Å²) in [6.07, 6.45) is 4.88. The Kier molecular flexibility index (Phi) is 2.93. The minimum Gasteiger partial charge on any atom is -0.384 e. The number of aromatic nitrogens is 3. The van der Waals surface area contributed by atoms with Gasteiger partial charge in [0.15, 0.2) is 5.82 Å². The van der Waals surface area contributed by atoms with Gasteiger partial charge < -0.3 is 5.73 Å². The average molecular weight is 301 g/mol. The van der Waals surface area contributed by atoms with Crippen molar-refractivity contribution in [3.05, 3.63) is 39.7 Å². The SMILES string of the molecule is N=C(N)c1ccnc(-n2cc(Br)cn2)c1Cl. The maximum atomic E-state index is 7.37. The number of amidine groups is 1. The highest BCUT2D eigenvalue weighted by Gasteiger charge is 2.11. The zero-order valence-corrected chi connectivity index (χ0v) is 10.3. The van der Waals surface area contributed by atoms with E-state index in [4.69, 9.17) is 22.7 Å². The van der Waals surface area contributed by atoms with E-state index in [9.17, 15) is 0 Å². The van der Waals surface area contributed by atoms with Crippen LogP contribution < -0.4 is 5.73 Å². The van der Waals surface area contributed by atoms with Gasteiger partial charge in [-0.15, -0.1) is 0 Å². The van der Waals surface area contributed by atoms with Gasteiger partial charge in [-0.1, -0.05) is 11.6 Å². The van der Waals surface area contributed by atoms with E-state index in [1.165, 1.54) is 10.9 Å². The van der Waals surface area contributed by atoms with Crippen molar-refractivity contribution in [3.63, 3.8) is 0 Å². The second-order valence-corrected chi connectivity index (χ2v) is 4.31. The first-order valence-corrected chi connectivity index (χ1v) is 5.46. The molecule has 0 unspecified atom stereocenters. The molecule has 0 radical (unpaired) electrons. The maximum absolute atomic E-state index is 7.37. The van der Waals surface area contributed by atoms with E-state index < -0.39 is 0 Å². The molecular formula is C9H7BrClN5. The second-order valence-electron chi connectivity index (χ2n) is 3.01. The predicted molar refractivity (Wildman–Crippen MR) is 65.1 cm³/mol. The molecule has 0 atom stereocenters. The maximum Gasteiger partial charge on any atom is 0.172 e. The van der Waals surface area contributed by atoms with Crippen molar-refractivity contribution in [1.29, 1.82) is 5.41 Å². The molecule has 7 heteroatoms. The summed E-state index contributed by atoms with van der Waals surface area (Å²) in [6.45, 7) is 0. The third-order valence-corrected chi connectivity index (χ3v) is 2.71. The van der Waals surface area contributed by atoms with Crippen molar-refractivity contribution in [2.24, 2.45) is 5.73 Å². The van der Waals surface area contributed by atoms with Crippen LogP contribution in [-0.2, 0) is 0 Å². The van der Waals surface area contributed by atoms with Crippen LogP contribution in [0.3, 0.4) is 0 Å². The first kappa shape index (κ1) is 11.1.